The Labute approximate surface area is 101 Å². The number of hydrogen-bond donors (Lipinski definition) is 1. The van der Waals surface area contributed by atoms with Crippen LogP contribution in [0, 0.1) is 19.7 Å². The second-order valence-corrected chi connectivity index (χ2v) is 4.34. The van der Waals surface area contributed by atoms with Gasteiger partial charge in [0.15, 0.2) is 0 Å². The number of hydrogen-bond acceptors (Lipinski definition) is 1. The van der Waals surface area contributed by atoms with Crippen molar-refractivity contribution in [1.29, 1.82) is 0 Å². The summed E-state index contributed by atoms with van der Waals surface area (Å²) >= 11 is 0. The van der Waals surface area contributed by atoms with E-state index >= 15 is 0 Å². The Balaban J connectivity index is 2.62. The first-order chi connectivity index (χ1) is 8.11. The van der Waals surface area contributed by atoms with E-state index in [-0.39, 0.29) is 5.82 Å². The fourth-order valence-electron chi connectivity index (χ4n) is 1.93. The number of nitrogens with two attached hydrogens (primary N) is 1. The monoisotopic (exact) mass is 229 g/mol. The van der Waals surface area contributed by atoms with Crippen molar-refractivity contribution in [3.63, 3.8) is 0 Å². The van der Waals surface area contributed by atoms with Crippen LogP contribution in [0.4, 0.5) is 4.39 Å². The Bertz CT molecular complexity index is 547. The van der Waals surface area contributed by atoms with Gasteiger partial charge in [-0.25, -0.2) is 4.39 Å². The van der Waals surface area contributed by atoms with E-state index in [4.69, 9.17) is 5.73 Å². The molecule has 0 aliphatic heterocycles. The van der Waals surface area contributed by atoms with Gasteiger partial charge in [0.2, 0.25) is 0 Å². The summed E-state index contributed by atoms with van der Waals surface area (Å²) in [5.41, 5.74) is 10.3. The third kappa shape index (κ3) is 2.37. The summed E-state index contributed by atoms with van der Waals surface area (Å²) < 4.78 is 13.9. The van der Waals surface area contributed by atoms with Gasteiger partial charge in [-0.15, -0.1) is 0 Å². The lowest BCUT2D eigenvalue weighted by atomic mass is 9.96. The maximum absolute atomic E-state index is 13.9. The predicted octanol–water partition coefficient (Wildman–Crippen LogP) is 3.57. The Morgan fingerprint density at radius 1 is 1.00 bits per heavy atom. The molecule has 0 heterocycles. The van der Waals surface area contributed by atoms with Crippen LogP contribution in [0.3, 0.4) is 0 Å². The predicted molar refractivity (Wildman–Crippen MR) is 69.2 cm³/mol. The second kappa shape index (κ2) is 4.68. The van der Waals surface area contributed by atoms with E-state index in [0.717, 1.165) is 22.3 Å². The molecular weight excluding hydrogens is 213 g/mol. The quantitative estimate of drug-likeness (QED) is 0.837. The molecule has 0 saturated heterocycles. The highest BCUT2D eigenvalue weighted by Crippen LogP contribution is 2.27. The molecule has 0 aliphatic carbocycles. The van der Waals surface area contributed by atoms with Crippen molar-refractivity contribution < 1.29 is 4.39 Å². The molecule has 0 amide bonds. The minimum Gasteiger partial charge on any atom is -0.326 e. The Kier molecular flexibility index (Phi) is 3.25. The van der Waals surface area contributed by atoms with Gasteiger partial charge in [-0.1, -0.05) is 29.8 Å². The highest BCUT2D eigenvalue weighted by Gasteiger charge is 2.08. The lowest BCUT2D eigenvalue weighted by molar-refractivity contribution is 0.630. The van der Waals surface area contributed by atoms with Gasteiger partial charge >= 0.3 is 0 Å². The molecule has 0 aliphatic rings. The number of halogens is 1. The van der Waals surface area contributed by atoms with Gasteiger partial charge in [0.1, 0.15) is 5.82 Å². The first-order valence-electron chi connectivity index (χ1n) is 5.68. The average Bonchev–Trinajstić information content (AvgIpc) is 2.33. The molecule has 2 N–H and O–H groups in total. The van der Waals surface area contributed by atoms with Crippen molar-refractivity contribution in [2.75, 3.05) is 0 Å². The minimum atomic E-state index is -0.198. The van der Waals surface area contributed by atoms with Gasteiger partial charge in [-0.3, -0.25) is 0 Å². The zero-order valence-electron chi connectivity index (χ0n) is 10.1. The summed E-state index contributed by atoms with van der Waals surface area (Å²) in [5, 5.41) is 0. The van der Waals surface area contributed by atoms with Crippen LogP contribution in [0.15, 0.2) is 36.4 Å². The molecule has 0 fully saturated rings. The molecule has 0 unspecified atom stereocenters. The maximum Gasteiger partial charge on any atom is 0.131 e. The van der Waals surface area contributed by atoms with Crippen LogP contribution >= 0.6 is 0 Å². The zero-order valence-corrected chi connectivity index (χ0v) is 10.1. The topological polar surface area (TPSA) is 26.0 Å². The van der Waals surface area contributed by atoms with E-state index in [1.807, 2.05) is 38.1 Å². The minimum absolute atomic E-state index is 0.198. The SMILES string of the molecule is Cc1ccc(C)c(-c2cc(CN)ccc2F)c1. The molecular formula is C15H16FN. The Morgan fingerprint density at radius 3 is 2.47 bits per heavy atom. The highest BCUT2D eigenvalue weighted by atomic mass is 19.1. The van der Waals surface area contributed by atoms with Crippen molar-refractivity contribution >= 4 is 0 Å². The van der Waals surface area contributed by atoms with Crippen LogP contribution in [0.1, 0.15) is 16.7 Å². The van der Waals surface area contributed by atoms with Crippen LogP contribution in [0.2, 0.25) is 0 Å². The summed E-state index contributed by atoms with van der Waals surface area (Å²) in [7, 11) is 0. The van der Waals surface area contributed by atoms with Gasteiger partial charge in [0, 0.05) is 12.1 Å². The Morgan fingerprint density at radius 2 is 1.76 bits per heavy atom. The van der Waals surface area contributed by atoms with Gasteiger partial charge in [0.25, 0.3) is 0 Å². The van der Waals surface area contributed by atoms with Crippen molar-refractivity contribution in [3.05, 3.63) is 58.9 Å². The molecule has 0 bridgehead atoms. The largest absolute Gasteiger partial charge is 0.326 e. The van der Waals surface area contributed by atoms with Crippen LogP contribution in [0.5, 0.6) is 0 Å². The molecule has 88 valence electrons. The van der Waals surface area contributed by atoms with E-state index in [1.54, 1.807) is 6.07 Å². The van der Waals surface area contributed by atoms with E-state index in [0.29, 0.717) is 12.1 Å². The van der Waals surface area contributed by atoms with E-state index in [1.165, 1.54) is 6.07 Å². The van der Waals surface area contributed by atoms with Gasteiger partial charge < -0.3 is 5.73 Å². The van der Waals surface area contributed by atoms with E-state index < -0.39 is 0 Å². The molecule has 1 nitrogen and oxygen atoms in total. The van der Waals surface area contributed by atoms with Crippen molar-refractivity contribution in [1.82, 2.24) is 0 Å². The first-order valence-corrected chi connectivity index (χ1v) is 5.68. The molecule has 0 saturated carbocycles. The summed E-state index contributed by atoms with van der Waals surface area (Å²) in [6.07, 6.45) is 0. The standard InChI is InChI=1S/C15H16FN/c1-10-3-4-11(2)13(7-10)14-8-12(9-17)5-6-15(14)16/h3-8H,9,17H2,1-2H3. The van der Waals surface area contributed by atoms with E-state index in [2.05, 4.69) is 0 Å². The maximum atomic E-state index is 13.9. The number of rotatable bonds is 2. The second-order valence-electron chi connectivity index (χ2n) is 4.34. The van der Waals surface area contributed by atoms with Crippen molar-refractivity contribution in [3.8, 4) is 11.1 Å². The molecule has 2 aromatic rings. The van der Waals surface area contributed by atoms with Gasteiger partial charge in [0.05, 0.1) is 0 Å². The van der Waals surface area contributed by atoms with Crippen LogP contribution in [-0.2, 0) is 6.54 Å². The molecule has 0 atom stereocenters. The number of aryl methyl sites for hydroxylation is 2. The van der Waals surface area contributed by atoms with Crippen LogP contribution in [0.25, 0.3) is 11.1 Å². The molecule has 2 aromatic carbocycles. The Hall–Kier alpha value is -1.67. The fourth-order valence-corrected chi connectivity index (χ4v) is 1.93. The molecule has 2 heteroatoms. The molecule has 0 radical (unpaired) electrons. The third-order valence-electron chi connectivity index (χ3n) is 2.95. The zero-order chi connectivity index (χ0) is 12.4. The molecule has 0 spiro atoms. The van der Waals surface area contributed by atoms with Gasteiger partial charge in [-0.2, -0.15) is 0 Å². The molecule has 0 aromatic heterocycles. The molecule has 2 rings (SSSR count). The van der Waals surface area contributed by atoms with E-state index in [9.17, 15) is 4.39 Å². The van der Waals surface area contributed by atoms with Crippen molar-refractivity contribution in [2.24, 2.45) is 5.73 Å². The van der Waals surface area contributed by atoms with Gasteiger partial charge in [-0.05, 0) is 42.7 Å². The smallest absolute Gasteiger partial charge is 0.131 e. The fraction of sp³-hybridized carbons (Fsp3) is 0.200. The number of benzene rings is 2. The summed E-state index contributed by atoms with van der Waals surface area (Å²) in [4.78, 5) is 0. The van der Waals surface area contributed by atoms with Crippen LogP contribution in [-0.4, -0.2) is 0 Å². The lowest BCUT2D eigenvalue weighted by Crippen LogP contribution is -1.98. The normalized spacial score (nSPS) is 10.6. The summed E-state index contributed by atoms with van der Waals surface area (Å²) in [5.74, 6) is -0.198. The first kappa shape index (κ1) is 11.8. The third-order valence-corrected chi connectivity index (χ3v) is 2.95. The lowest BCUT2D eigenvalue weighted by Gasteiger charge is -2.10. The van der Waals surface area contributed by atoms with Crippen LogP contribution < -0.4 is 5.73 Å². The average molecular weight is 229 g/mol. The van der Waals surface area contributed by atoms with Crippen molar-refractivity contribution in [2.45, 2.75) is 20.4 Å². The molecule has 17 heavy (non-hydrogen) atoms. The summed E-state index contributed by atoms with van der Waals surface area (Å²) in [6.45, 7) is 4.43. The highest BCUT2D eigenvalue weighted by molar-refractivity contribution is 5.69. The summed E-state index contributed by atoms with van der Waals surface area (Å²) in [6, 6.07) is 11.1.